The molecule has 0 bridgehead atoms. The van der Waals surface area contributed by atoms with E-state index >= 15 is 0 Å². The SMILES string of the molecule is Cc1nn(-c2ccc(F)cc2F)c(C)c1C(=O)N1CCC(C(=O)O)C1.Cl. The zero-order valence-corrected chi connectivity index (χ0v) is 15.0. The lowest BCUT2D eigenvalue weighted by Gasteiger charge is -2.16. The number of halogens is 3. The van der Waals surface area contributed by atoms with Crippen LogP contribution in [0.25, 0.3) is 5.69 Å². The van der Waals surface area contributed by atoms with E-state index in [1.165, 1.54) is 15.6 Å². The zero-order chi connectivity index (χ0) is 18.3. The van der Waals surface area contributed by atoms with Crippen LogP contribution in [0.4, 0.5) is 8.78 Å². The standard InChI is InChI=1S/C17H17F2N3O3.ClH/c1-9-15(16(23)21-6-5-11(8-21)17(24)25)10(2)22(20-9)14-4-3-12(18)7-13(14)19;/h3-4,7,11H,5-6,8H2,1-2H3,(H,24,25);1H. The summed E-state index contributed by atoms with van der Waals surface area (Å²) in [6.07, 6.45) is 0.403. The minimum Gasteiger partial charge on any atom is -0.481 e. The molecule has 1 saturated heterocycles. The Bertz CT molecular complexity index is 869. The maximum absolute atomic E-state index is 14.0. The molecular weight excluding hydrogens is 368 g/mol. The first-order valence-corrected chi connectivity index (χ1v) is 7.83. The average Bonchev–Trinajstić information content (AvgIpc) is 3.13. The van der Waals surface area contributed by atoms with E-state index in [1.807, 2.05) is 0 Å². The molecule has 1 amide bonds. The first-order chi connectivity index (χ1) is 11.8. The van der Waals surface area contributed by atoms with Crippen LogP contribution in [0.3, 0.4) is 0 Å². The van der Waals surface area contributed by atoms with Gasteiger partial charge in [0.1, 0.15) is 11.5 Å². The van der Waals surface area contributed by atoms with Gasteiger partial charge in [0, 0.05) is 19.2 Å². The lowest BCUT2D eigenvalue weighted by molar-refractivity contribution is -0.141. The summed E-state index contributed by atoms with van der Waals surface area (Å²) in [6.45, 7) is 3.75. The molecule has 1 fully saturated rings. The minimum absolute atomic E-state index is 0. The summed E-state index contributed by atoms with van der Waals surface area (Å²) in [4.78, 5) is 25.3. The number of hydrogen-bond donors (Lipinski definition) is 1. The van der Waals surface area contributed by atoms with Gasteiger partial charge in [-0.3, -0.25) is 9.59 Å². The molecule has 3 rings (SSSR count). The highest BCUT2D eigenvalue weighted by Crippen LogP contribution is 2.25. The Morgan fingerprint density at radius 3 is 2.54 bits per heavy atom. The van der Waals surface area contributed by atoms with Gasteiger partial charge >= 0.3 is 5.97 Å². The molecule has 1 aliphatic rings. The molecule has 0 radical (unpaired) electrons. The van der Waals surface area contributed by atoms with Crippen LogP contribution >= 0.6 is 12.4 Å². The van der Waals surface area contributed by atoms with Crippen LogP contribution in [-0.4, -0.2) is 44.8 Å². The number of hydrogen-bond acceptors (Lipinski definition) is 3. The number of aliphatic carboxylic acids is 1. The first kappa shape index (κ1) is 19.8. The van der Waals surface area contributed by atoms with E-state index in [0.29, 0.717) is 29.9 Å². The van der Waals surface area contributed by atoms with Gasteiger partial charge in [-0.25, -0.2) is 13.5 Å². The largest absolute Gasteiger partial charge is 0.481 e. The van der Waals surface area contributed by atoms with Gasteiger partial charge < -0.3 is 10.0 Å². The summed E-state index contributed by atoms with van der Waals surface area (Å²) in [5.41, 5.74) is 1.19. The summed E-state index contributed by atoms with van der Waals surface area (Å²) >= 11 is 0. The third-order valence-corrected chi connectivity index (χ3v) is 4.47. The number of carboxylic acid groups (broad SMARTS) is 1. The summed E-state index contributed by atoms with van der Waals surface area (Å²) in [5, 5.41) is 13.3. The quantitative estimate of drug-likeness (QED) is 0.881. The van der Waals surface area contributed by atoms with E-state index in [-0.39, 0.29) is 30.5 Å². The topological polar surface area (TPSA) is 75.4 Å². The fraction of sp³-hybridized carbons (Fsp3) is 0.353. The number of carbonyl (C=O) groups is 2. The molecular formula is C17H18ClF2N3O3. The van der Waals surface area contributed by atoms with Crippen molar-refractivity contribution in [3.05, 3.63) is 46.8 Å². The molecule has 0 spiro atoms. The van der Waals surface area contributed by atoms with Gasteiger partial charge in [0.05, 0.1) is 22.9 Å². The molecule has 1 atom stereocenters. The summed E-state index contributed by atoms with van der Waals surface area (Å²) in [5.74, 6) is -3.30. The smallest absolute Gasteiger partial charge is 0.308 e. The highest BCUT2D eigenvalue weighted by Gasteiger charge is 2.33. The molecule has 6 nitrogen and oxygen atoms in total. The van der Waals surface area contributed by atoms with E-state index in [2.05, 4.69) is 5.10 Å². The number of rotatable bonds is 3. The maximum Gasteiger partial charge on any atom is 0.308 e. The fourth-order valence-electron chi connectivity index (χ4n) is 3.14. The van der Waals surface area contributed by atoms with Crippen LogP contribution in [0.1, 0.15) is 28.2 Å². The third-order valence-electron chi connectivity index (χ3n) is 4.47. The lowest BCUT2D eigenvalue weighted by Crippen LogP contribution is -2.30. The highest BCUT2D eigenvalue weighted by molar-refractivity contribution is 5.97. The second-order valence-corrected chi connectivity index (χ2v) is 6.13. The van der Waals surface area contributed by atoms with Gasteiger partial charge in [-0.15, -0.1) is 12.4 Å². The summed E-state index contributed by atoms with van der Waals surface area (Å²) in [6, 6.07) is 3.13. The van der Waals surface area contributed by atoms with Crippen molar-refractivity contribution in [3.8, 4) is 5.69 Å². The molecule has 26 heavy (non-hydrogen) atoms. The van der Waals surface area contributed by atoms with Crippen molar-refractivity contribution < 1.29 is 23.5 Å². The van der Waals surface area contributed by atoms with E-state index in [1.54, 1.807) is 13.8 Å². The molecule has 1 aromatic carbocycles. The third kappa shape index (κ3) is 3.41. The van der Waals surface area contributed by atoms with Crippen molar-refractivity contribution in [2.45, 2.75) is 20.3 Å². The maximum atomic E-state index is 14.0. The number of aromatic nitrogens is 2. The van der Waals surface area contributed by atoms with Crippen molar-refractivity contribution in [2.24, 2.45) is 5.92 Å². The molecule has 0 aliphatic carbocycles. The number of benzene rings is 1. The van der Waals surface area contributed by atoms with Gasteiger partial charge in [-0.2, -0.15) is 5.10 Å². The van der Waals surface area contributed by atoms with Gasteiger partial charge in [0.2, 0.25) is 0 Å². The lowest BCUT2D eigenvalue weighted by atomic mass is 10.1. The van der Waals surface area contributed by atoms with Gasteiger partial charge in [0.25, 0.3) is 5.91 Å². The Morgan fingerprint density at radius 2 is 1.96 bits per heavy atom. The van der Waals surface area contributed by atoms with E-state index in [0.717, 1.165) is 12.1 Å². The Balaban J connectivity index is 0.00000243. The Hall–Kier alpha value is -2.48. The first-order valence-electron chi connectivity index (χ1n) is 7.83. The number of carboxylic acids is 1. The molecule has 2 heterocycles. The van der Waals surface area contributed by atoms with Crippen molar-refractivity contribution >= 4 is 24.3 Å². The Labute approximate surface area is 154 Å². The second-order valence-electron chi connectivity index (χ2n) is 6.13. The van der Waals surface area contributed by atoms with Crippen LogP contribution in [0.5, 0.6) is 0 Å². The predicted molar refractivity (Wildman–Crippen MR) is 91.8 cm³/mol. The van der Waals surface area contributed by atoms with Gasteiger partial charge in [0.15, 0.2) is 5.82 Å². The van der Waals surface area contributed by atoms with Gasteiger partial charge in [-0.05, 0) is 32.4 Å². The summed E-state index contributed by atoms with van der Waals surface area (Å²) in [7, 11) is 0. The average molecular weight is 386 g/mol. The predicted octanol–water partition coefficient (Wildman–Crippen LogP) is 2.74. The zero-order valence-electron chi connectivity index (χ0n) is 14.2. The number of nitrogens with zero attached hydrogens (tertiary/aromatic N) is 3. The highest BCUT2D eigenvalue weighted by atomic mass is 35.5. The molecule has 140 valence electrons. The number of carbonyl (C=O) groups excluding carboxylic acids is 1. The van der Waals surface area contributed by atoms with Crippen LogP contribution in [-0.2, 0) is 4.79 Å². The molecule has 1 aliphatic heterocycles. The van der Waals surface area contributed by atoms with Crippen molar-refractivity contribution in [3.63, 3.8) is 0 Å². The van der Waals surface area contributed by atoms with Crippen molar-refractivity contribution in [1.29, 1.82) is 0 Å². The monoisotopic (exact) mass is 385 g/mol. The number of aryl methyl sites for hydroxylation is 1. The van der Waals surface area contributed by atoms with Crippen molar-refractivity contribution in [1.82, 2.24) is 14.7 Å². The van der Waals surface area contributed by atoms with Crippen LogP contribution in [0, 0.1) is 31.4 Å². The van der Waals surface area contributed by atoms with Crippen LogP contribution in [0.15, 0.2) is 18.2 Å². The van der Waals surface area contributed by atoms with E-state index in [9.17, 15) is 18.4 Å². The van der Waals surface area contributed by atoms with Crippen LogP contribution in [0.2, 0.25) is 0 Å². The molecule has 0 saturated carbocycles. The summed E-state index contributed by atoms with van der Waals surface area (Å²) < 4.78 is 28.4. The van der Waals surface area contributed by atoms with Crippen molar-refractivity contribution in [2.75, 3.05) is 13.1 Å². The molecule has 1 aromatic heterocycles. The molecule has 9 heteroatoms. The van der Waals surface area contributed by atoms with Crippen LogP contribution < -0.4 is 0 Å². The minimum atomic E-state index is -0.923. The number of likely N-dealkylation sites (tertiary alicyclic amines) is 1. The molecule has 1 N–H and O–H groups in total. The van der Waals surface area contributed by atoms with E-state index in [4.69, 9.17) is 5.11 Å². The molecule has 1 unspecified atom stereocenters. The fourth-order valence-corrected chi connectivity index (χ4v) is 3.14. The number of amides is 1. The normalized spacial score (nSPS) is 16.5. The second kappa shape index (κ2) is 7.41. The Kier molecular flexibility index (Phi) is 5.65. The van der Waals surface area contributed by atoms with E-state index < -0.39 is 23.5 Å². The van der Waals surface area contributed by atoms with Gasteiger partial charge in [-0.1, -0.05) is 0 Å². The molecule has 2 aromatic rings. The Morgan fingerprint density at radius 1 is 1.27 bits per heavy atom.